The summed E-state index contributed by atoms with van der Waals surface area (Å²) in [6.07, 6.45) is 50.7. The van der Waals surface area contributed by atoms with E-state index >= 15 is 0 Å². The number of allylic oxidation sites excluding steroid dienone is 4. The van der Waals surface area contributed by atoms with Crippen LogP contribution < -0.4 is 0 Å². The Balaban J connectivity index is 5.26. The summed E-state index contributed by atoms with van der Waals surface area (Å²) >= 11 is 0. The third-order valence-corrected chi connectivity index (χ3v) is 17.3. The predicted molar refractivity (Wildman–Crippen MR) is 354 cm³/mol. The summed E-state index contributed by atoms with van der Waals surface area (Å²) in [6, 6.07) is 0. The van der Waals surface area contributed by atoms with Crippen molar-refractivity contribution in [3.63, 3.8) is 0 Å². The molecule has 0 fully saturated rings. The van der Waals surface area contributed by atoms with Crippen molar-refractivity contribution >= 4 is 39.5 Å². The van der Waals surface area contributed by atoms with E-state index in [9.17, 15) is 43.2 Å². The van der Waals surface area contributed by atoms with Gasteiger partial charge in [0.25, 0.3) is 0 Å². The molecule has 17 nitrogen and oxygen atoms in total. The van der Waals surface area contributed by atoms with Gasteiger partial charge in [0.05, 0.1) is 26.4 Å². The second-order valence-corrected chi connectivity index (χ2v) is 27.6. The quantitative estimate of drug-likeness (QED) is 0.0169. The lowest BCUT2D eigenvalue weighted by atomic mass is 10.0. The normalized spacial score (nSPS) is 14.3. The van der Waals surface area contributed by atoms with Crippen molar-refractivity contribution in [2.45, 2.75) is 348 Å². The Morgan fingerprint density at radius 1 is 0.352 bits per heavy atom. The molecule has 19 heteroatoms. The van der Waals surface area contributed by atoms with Gasteiger partial charge in [-0.1, -0.05) is 277 Å². The highest BCUT2D eigenvalue weighted by Crippen LogP contribution is 2.45. The molecule has 518 valence electrons. The summed E-state index contributed by atoms with van der Waals surface area (Å²) < 4.78 is 68.1. The Bertz CT molecular complexity index is 1800. The summed E-state index contributed by atoms with van der Waals surface area (Å²) in [5.74, 6) is -1.39. The maximum Gasteiger partial charge on any atom is 0.472 e. The summed E-state index contributed by atoms with van der Waals surface area (Å²) in [6.45, 7) is 7.14. The number of hydrogen-bond acceptors (Lipinski definition) is 15. The zero-order chi connectivity index (χ0) is 64.9. The van der Waals surface area contributed by atoms with Crippen molar-refractivity contribution in [3.05, 3.63) is 24.3 Å². The molecule has 0 aliphatic heterocycles. The van der Waals surface area contributed by atoms with Crippen LogP contribution in [-0.4, -0.2) is 96.7 Å². The van der Waals surface area contributed by atoms with Crippen LogP contribution in [0.15, 0.2) is 24.3 Å². The molecule has 2 unspecified atom stereocenters. The molecule has 0 rings (SSSR count). The molecule has 0 saturated heterocycles. The number of unbranched alkanes of at least 4 members (excludes halogenated alkanes) is 36. The van der Waals surface area contributed by atoms with Crippen LogP contribution in [0.1, 0.15) is 330 Å². The minimum absolute atomic E-state index is 0.0851. The van der Waals surface area contributed by atoms with Crippen LogP contribution in [0.2, 0.25) is 0 Å². The average Bonchev–Trinajstić information content (AvgIpc) is 3.62. The van der Waals surface area contributed by atoms with Crippen molar-refractivity contribution in [2.24, 2.45) is 5.92 Å². The number of aliphatic hydroxyl groups is 1. The maximum absolute atomic E-state index is 13.0. The van der Waals surface area contributed by atoms with E-state index in [1.807, 2.05) is 0 Å². The van der Waals surface area contributed by atoms with Crippen molar-refractivity contribution in [2.75, 3.05) is 39.6 Å². The van der Waals surface area contributed by atoms with Crippen LogP contribution in [0.25, 0.3) is 0 Å². The van der Waals surface area contributed by atoms with Gasteiger partial charge in [0.2, 0.25) is 0 Å². The van der Waals surface area contributed by atoms with Crippen molar-refractivity contribution in [1.29, 1.82) is 0 Å². The van der Waals surface area contributed by atoms with Crippen LogP contribution >= 0.6 is 15.6 Å². The van der Waals surface area contributed by atoms with Crippen molar-refractivity contribution < 1.29 is 80.2 Å². The smallest absolute Gasteiger partial charge is 0.462 e. The fraction of sp³-hybridized carbons (Fsp3) is 0.884. The molecule has 0 amide bonds. The minimum atomic E-state index is -4.96. The van der Waals surface area contributed by atoms with Gasteiger partial charge in [0.15, 0.2) is 12.2 Å². The highest BCUT2D eigenvalue weighted by Gasteiger charge is 2.30. The number of hydrogen-bond donors (Lipinski definition) is 3. The molecular formula is C69H130O17P2. The zero-order valence-corrected chi connectivity index (χ0v) is 58.1. The van der Waals surface area contributed by atoms with Gasteiger partial charge in [0, 0.05) is 25.7 Å². The second-order valence-electron chi connectivity index (χ2n) is 24.7. The van der Waals surface area contributed by atoms with E-state index in [0.717, 1.165) is 115 Å². The number of phosphoric acid groups is 2. The minimum Gasteiger partial charge on any atom is -0.462 e. The van der Waals surface area contributed by atoms with E-state index in [1.165, 1.54) is 135 Å². The molecule has 0 heterocycles. The van der Waals surface area contributed by atoms with E-state index in [-0.39, 0.29) is 25.7 Å². The van der Waals surface area contributed by atoms with Crippen LogP contribution in [-0.2, 0) is 65.4 Å². The number of rotatable bonds is 67. The van der Waals surface area contributed by atoms with Crippen molar-refractivity contribution in [3.8, 4) is 0 Å². The molecule has 5 atom stereocenters. The van der Waals surface area contributed by atoms with E-state index in [2.05, 4.69) is 58.9 Å². The summed E-state index contributed by atoms with van der Waals surface area (Å²) in [5, 5.41) is 10.6. The number of carbonyl (C=O) groups is 4. The van der Waals surface area contributed by atoms with Gasteiger partial charge < -0.3 is 33.8 Å². The highest BCUT2D eigenvalue weighted by molar-refractivity contribution is 7.47. The Morgan fingerprint density at radius 2 is 0.614 bits per heavy atom. The first-order valence-electron chi connectivity index (χ1n) is 35.5. The largest absolute Gasteiger partial charge is 0.472 e. The second kappa shape index (κ2) is 62.0. The van der Waals surface area contributed by atoms with Gasteiger partial charge in [-0.3, -0.25) is 37.3 Å². The van der Waals surface area contributed by atoms with Gasteiger partial charge in [-0.2, -0.15) is 0 Å². The Hall–Kier alpha value is -2.46. The number of aliphatic hydroxyl groups excluding tert-OH is 1. The molecule has 0 aliphatic rings. The lowest BCUT2D eigenvalue weighted by Crippen LogP contribution is -2.30. The first kappa shape index (κ1) is 85.5. The monoisotopic (exact) mass is 1290 g/mol. The Labute approximate surface area is 535 Å². The molecule has 0 bridgehead atoms. The number of phosphoric ester groups is 2. The molecule has 88 heavy (non-hydrogen) atoms. The van der Waals surface area contributed by atoms with Crippen LogP contribution in [0, 0.1) is 5.92 Å². The lowest BCUT2D eigenvalue weighted by molar-refractivity contribution is -0.161. The van der Waals surface area contributed by atoms with Gasteiger partial charge in [0.1, 0.15) is 19.3 Å². The highest BCUT2D eigenvalue weighted by atomic mass is 31.2. The van der Waals surface area contributed by atoms with E-state index < -0.39 is 97.5 Å². The fourth-order valence-electron chi connectivity index (χ4n) is 9.93. The molecule has 0 aromatic carbocycles. The third-order valence-electron chi connectivity index (χ3n) is 15.4. The van der Waals surface area contributed by atoms with Gasteiger partial charge in [-0.15, -0.1) is 0 Å². The van der Waals surface area contributed by atoms with Gasteiger partial charge in [-0.25, -0.2) is 9.13 Å². The summed E-state index contributed by atoms with van der Waals surface area (Å²) in [5.41, 5.74) is 0. The van der Waals surface area contributed by atoms with Crippen molar-refractivity contribution in [1.82, 2.24) is 0 Å². The van der Waals surface area contributed by atoms with E-state index in [4.69, 9.17) is 37.0 Å². The number of carbonyl (C=O) groups excluding carboxylic acids is 4. The number of ether oxygens (including phenoxy) is 4. The molecular weight excluding hydrogens is 1160 g/mol. The summed E-state index contributed by atoms with van der Waals surface area (Å²) in [7, 11) is -9.91. The van der Waals surface area contributed by atoms with Gasteiger partial charge >= 0.3 is 39.5 Å². The molecule has 0 aliphatic carbocycles. The predicted octanol–water partition coefficient (Wildman–Crippen LogP) is 19.3. The molecule has 0 saturated carbocycles. The summed E-state index contributed by atoms with van der Waals surface area (Å²) in [4.78, 5) is 72.4. The topological polar surface area (TPSA) is 237 Å². The zero-order valence-electron chi connectivity index (χ0n) is 56.3. The van der Waals surface area contributed by atoms with Gasteiger partial charge in [-0.05, 0) is 57.3 Å². The molecule has 0 aromatic heterocycles. The van der Waals surface area contributed by atoms with E-state index in [1.54, 1.807) is 0 Å². The fourth-order valence-corrected chi connectivity index (χ4v) is 11.5. The molecule has 0 aromatic rings. The first-order chi connectivity index (χ1) is 42.5. The Kier molecular flexibility index (Phi) is 60.3. The Morgan fingerprint density at radius 3 is 0.932 bits per heavy atom. The number of esters is 4. The van der Waals surface area contributed by atoms with E-state index in [0.29, 0.717) is 25.7 Å². The van der Waals surface area contributed by atoms with Crippen LogP contribution in [0.3, 0.4) is 0 Å². The lowest BCUT2D eigenvalue weighted by Gasteiger charge is -2.21. The average molecular weight is 1290 g/mol. The maximum atomic E-state index is 13.0. The van der Waals surface area contributed by atoms with Crippen LogP contribution in [0.5, 0.6) is 0 Å². The first-order valence-corrected chi connectivity index (χ1v) is 38.4. The SMILES string of the molecule is CCCCCC/C=C\C=C/CCCCCCCC(=O)O[C@H](COC(=O)CCCCCCCCCCCCCC(C)C)COP(=O)(O)OC[C@@H](O)COP(=O)(O)OC[C@@H](COC(=O)CCCCCCCCCC)OC(=O)CCCCCCCCCCCCC. The molecule has 0 spiro atoms. The third kappa shape index (κ3) is 62.4. The van der Waals surface area contributed by atoms with Crippen LogP contribution in [0.4, 0.5) is 0 Å². The standard InChI is InChI=1S/C69H130O17P2/c1-6-9-12-15-18-21-23-24-25-26-30-35-40-45-50-55-69(74)86-65(59-80-67(72)53-48-43-38-33-31-27-29-32-36-41-46-51-62(4)5)61-84-88(77,78)82-57-63(70)56-81-87(75,76)83-60-64(58-79-66(71)52-47-42-37-20-17-14-11-8-3)85-68(73)54-49-44-39-34-28-22-19-16-13-10-7-2/h21,23-25,62-65,70H,6-20,22,26-61H2,1-5H3,(H,75,76)(H,77,78)/b23-21-,25-24-/t63-,64+,65+/m0/s1. The molecule has 0 radical (unpaired) electrons. The molecule has 3 N–H and O–H groups in total.